The van der Waals surface area contributed by atoms with Crippen LogP contribution in [0.1, 0.15) is 51.9 Å². The summed E-state index contributed by atoms with van der Waals surface area (Å²) in [5, 5.41) is 4.32. The Morgan fingerprint density at radius 1 is 1.15 bits per heavy atom. The Morgan fingerprint density at radius 2 is 1.82 bits per heavy atom. The quantitative estimate of drug-likeness (QED) is 0.450. The summed E-state index contributed by atoms with van der Waals surface area (Å²) < 4.78 is 5.61. The molecule has 9 heteroatoms. The Hall–Kier alpha value is -3.33. The molecule has 0 saturated carbocycles. The number of carbonyl (C=O) groups excluding carboxylic acids is 1. The molecule has 3 rings (SSSR count). The van der Waals surface area contributed by atoms with Gasteiger partial charge in [0.2, 0.25) is 5.95 Å². The van der Waals surface area contributed by atoms with Crippen LogP contribution >= 0.6 is 0 Å². The van der Waals surface area contributed by atoms with Gasteiger partial charge in [0.05, 0.1) is 12.0 Å². The van der Waals surface area contributed by atoms with Crippen LogP contribution in [0.4, 0.5) is 12.0 Å². The summed E-state index contributed by atoms with van der Waals surface area (Å²) in [5.41, 5.74) is 13.8. The summed E-state index contributed by atoms with van der Waals surface area (Å²) in [6.45, 7) is 9.39. The minimum Gasteiger partial charge on any atom is -0.368 e. The molecule has 0 aliphatic heterocycles. The summed E-state index contributed by atoms with van der Waals surface area (Å²) in [6.07, 6.45) is 4.72. The van der Waals surface area contributed by atoms with Gasteiger partial charge in [-0.05, 0) is 30.4 Å². The van der Waals surface area contributed by atoms with Gasteiger partial charge in [0, 0.05) is 37.5 Å². The predicted octanol–water partition coefficient (Wildman–Crippen LogP) is 3.21. The Balaban J connectivity index is 1.91. The predicted molar refractivity (Wildman–Crippen MR) is 129 cm³/mol. The number of benzene rings is 1. The van der Waals surface area contributed by atoms with E-state index >= 15 is 0 Å². The first-order valence-electron chi connectivity index (χ1n) is 11.3. The second kappa shape index (κ2) is 10.5. The largest absolute Gasteiger partial charge is 0.368 e. The fourth-order valence-corrected chi connectivity index (χ4v) is 3.74. The van der Waals surface area contributed by atoms with Crippen molar-refractivity contribution in [2.75, 3.05) is 30.3 Å². The molecule has 0 amide bonds. The van der Waals surface area contributed by atoms with Crippen molar-refractivity contribution < 1.29 is 9.32 Å². The van der Waals surface area contributed by atoms with Crippen LogP contribution in [0.2, 0.25) is 0 Å². The topological polar surface area (TPSA) is 137 Å². The molecule has 3 aromatic rings. The number of rotatable bonds is 11. The highest BCUT2D eigenvalue weighted by Gasteiger charge is 2.38. The third-order valence-electron chi connectivity index (χ3n) is 6.09. The molecule has 4 N–H and O–H groups in total. The van der Waals surface area contributed by atoms with Crippen molar-refractivity contribution in [3.8, 4) is 11.1 Å². The third kappa shape index (κ3) is 5.36. The van der Waals surface area contributed by atoms with Crippen molar-refractivity contribution in [3.05, 3.63) is 48.0 Å². The molecule has 1 unspecified atom stereocenters. The Morgan fingerprint density at radius 3 is 2.39 bits per heavy atom. The van der Waals surface area contributed by atoms with Gasteiger partial charge in [0.25, 0.3) is 0 Å². The number of Topliss-reactive ketones (excluding diaryl/α,β-unsaturated/α-hetero) is 1. The lowest BCUT2D eigenvalue weighted by atomic mass is 9.72. The van der Waals surface area contributed by atoms with Crippen molar-refractivity contribution in [1.82, 2.24) is 20.1 Å². The second-order valence-electron chi connectivity index (χ2n) is 8.66. The first-order chi connectivity index (χ1) is 15.8. The van der Waals surface area contributed by atoms with Gasteiger partial charge in [-0.15, -0.1) is 0 Å². The third-order valence-corrected chi connectivity index (χ3v) is 6.09. The van der Waals surface area contributed by atoms with Gasteiger partial charge in [0.15, 0.2) is 11.6 Å². The first-order valence-corrected chi connectivity index (χ1v) is 11.3. The minimum atomic E-state index is -0.500. The summed E-state index contributed by atoms with van der Waals surface area (Å²) in [6, 6.07) is 8.49. The van der Waals surface area contributed by atoms with Crippen LogP contribution in [0.25, 0.3) is 11.1 Å². The fourth-order valence-electron chi connectivity index (χ4n) is 3.74. The van der Waals surface area contributed by atoms with E-state index in [1.807, 2.05) is 19.1 Å². The summed E-state index contributed by atoms with van der Waals surface area (Å²) in [7, 11) is 0. The molecule has 33 heavy (non-hydrogen) atoms. The maximum Gasteiger partial charge on any atom is 0.324 e. The standard InChI is InChI=1S/C24H33N7O2/c1-5-6-20(32)15-31(12-11-25)23-29-21(30-33-23)24(4,16(2)3)19-9-7-17(8-10-19)18-13-27-22(26)28-14-18/h7-10,13-14,16H,5-6,11-12,15,25H2,1-4H3,(H2,26,27,28). The molecule has 0 aliphatic rings. The highest BCUT2D eigenvalue weighted by atomic mass is 16.5. The van der Waals surface area contributed by atoms with E-state index < -0.39 is 5.41 Å². The van der Waals surface area contributed by atoms with Crippen molar-refractivity contribution in [3.63, 3.8) is 0 Å². The number of nitrogens with two attached hydrogens (primary N) is 2. The SMILES string of the molecule is CCCC(=O)CN(CCN)c1nc(C(C)(c2ccc(-c3cnc(N)nc3)cc2)C(C)C)no1. The van der Waals surface area contributed by atoms with Gasteiger partial charge in [-0.1, -0.05) is 50.2 Å². The number of carbonyl (C=O) groups is 1. The number of anilines is 2. The molecule has 1 aromatic carbocycles. The van der Waals surface area contributed by atoms with E-state index in [-0.39, 0.29) is 24.2 Å². The lowest BCUT2D eigenvalue weighted by molar-refractivity contribution is -0.117. The van der Waals surface area contributed by atoms with E-state index in [4.69, 9.17) is 21.0 Å². The Labute approximate surface area is 194 Å². The number of aromatic nitrogens is 4. The van der Waals surface area contributed by atoms with E-state index in [9.17, 15) is 4.79 Å². The molecule has 0 fully saturated rings. The summed E-state index contributed by atoms with van der Waals surface area (Å²) in [5.74, 6) is 1.12. The summed E-state index contributed by atoms with van der Waals surface area (Å²) in [4.78, 5) is 26.8. The molecule has 2 aromatic heterocycles. The van der Waals surface area contributed by atoms with E-state index in [2.05, 4.69) is 48.0 Å². The zero-order valence-electron chi connectivity index (χ0n) is 19.8. The Bertz CT molecular complexity index is 1050. The van der Waals surface area contributed by atoms with Crippen molar-refractivity contribution in [2.45, 2.75) is 46.0 Å². The zero-order chi connectivity index (χ0) is 24.0. The van der Waals surface area contributed by atoms with Crippen LogP contribution in [-0.2, 0) is 10.2 Å². The molecule has 2 heterocycles. The molecule has 0 saturated heterocycles. The molecule has 0 radical (unpaired) electrons. The van der Waals surface area contributed by atoms with Gasteiger partial charge in [0.1, 0.15) is 0 Å². The first kappa shape index (κ1) is 24.3. The molecule has 9 nitrogen and oxygen atoms in total. The van der Waals surface area contributed by atoms with Crippen molar-refractivity contribution in [2.24, 2.45) is 11.7 Å². The van der Waals surface area contributed by atoms with Crippen LogP contribution in [0.3, 0.4) is 0 Å². The van der Waals surface area contributed by atoms with E-state index in [1.165, 1.54) is 0 Å². The smallest absolute Gasteiger partial charge is 0.324 e. The molecule has 0 aliphatic carbocycles. The number of nitrogens with zero attached hydrogens (tertiary/aromatic N) is 5. The lowest BCUT2D eigenvalue weighted by Gasteiger charge is -2.31. The summed E-state index contributed by atoms with van der Waals surface area (Å²) >= 11 is 0. The monoisotopic (exact) mass is 451 g/mol. The van der Waals surface area contributed by atoms with Crippen LogP contribution in [0.5, 0.6) is 0 Å². The second-order valence-corrected chi connectivity index (χ2v) is 8.66. The lowest BCUT2D eigenvalue weighted by Crippen LogP contribution is -2.35. The van der Waals surface area contributed by atoms with Crippen LogP contribution in [0, 0.1) is 5.92 Å². The number of nitrogen functional groups attached to an aromatic ring is 1. The highest BCUT2D eigenvalue weighted by molar-refractivity contribution is 5.82. The van der Waals surface area contributed by atoms with E-state index in [0.717, 1.165) is 23.1 Å². The molecular weight excluding hydrogens is 418 g/mol. The normalized spacial score (nSPS) is 13.2. The van der Waals surface area contributed by atoms with Gasteiger partial charge in [-0.2, -0.15) is 4.98 Å². The van der Waals surface area contributed by atoms with Gasteiger partial charge >= 0.3 is 6.01 Å². The molecule has 1 atom stereocenters. The minimum absolute atomic E-state index is 0.125. The number of hydrogen-bond donors (Lipinski definition) is 2. The molecule has 0 spiro atoms. The van der Waals surface area contributed by atoms with Crippen molar-refractivity contribution >= 4 is 17.7 Å². The van der Waals surface area contributed by atoms with Crippen LogP contribution < -0.4 is 16.4 Å². The number of ketones is 1. The van der Waals surface area contributed by atoms with Crippen molar-refractivity contribution in [1.29, 1.82) is 0 Å². The van der Waals surface area contributed by atoms with Crippen LogP contribution in [0.15, 0.2) is 41.2 Å². The molecular formula is C24H33N7O2. The average Bonchev–Trinajstić information content (AvgIpc) is 3.30. The number of hydrogen-bond acceptors (Lipinski definition) is 9. The zero-order valence-corrected chi connectivity index (χ0v) is 19.8. The van der Waals surface area contributed by atoms with E-state index in [1.54, 1.807) is 17.3 Å². The van der Waals surface area contributed by atoms with Gasteiger partial charge in [-0.25, -0.2) is 9.97 Å². The maximum absolute atomic E-state index is 12.2. The van der Waals surface area contributed by atoms with Gasteiger partial charge in [-0.3, -0.25) is 4.79 Å². The molecule has 176 valence electrons. The Kier molecular flexibility index (Phi) is 7.75. The van der Waals surface area contributed by atoms with Gasteiger partial charge < -0.3 is 20.9 Å². The van der Waals surface area contributed by atoms with Crippen LogP contribution in [-0.4, -0.2) is 45.5 Å². The maximum atomic E-state index is 12.2. The highest BCUT2D eigenvalue weighted by Crippen LogP contribution is 2.38. The molecule has 0 bridgehead atoms. The fraction of sp³-hybridized carbons (Fsp3) is 0.458. The van der Waals surface area contributed by atoms with E-state index in [0.29, 0.717) is 31.3 Å². The average molecular weight is 452 g/mol.